The molecule has 164 valence electrons. The van der Waals surface area contributed by atoms with Gasteiger partial charge in [0.2, 0.25) is 5.69 Å². The van der Waals surface area contributed by atoms with E-state index in [0.29, 0.717) is 12.4 Å². The number of benzene rings is 2. The number of carbonyl (C=O) groups is 1. The monoisotopic (exact) mass is 444 g/mol. The maximum Gasteiger partial charge on any atom is 0.412 e. The lowest BCUT2D eigenvalue weighted by Crippen LogP contribution is -2.33. The molecule has 0 saturated carbocycles. The minimum absolute atomic E-state index is 0.178. The first kappa shape index (κ1) is 23.8. The third-order valence-corrected chi connectivity index (χ3v) is 4.95. The Morgan fingerprint density at radius 2 is 1.61 bits per heavy atom. The van der Waals surface area contributed by atoms with Crippen molar-refractivity contribution in [1.29, 1.82) is 0 Å². The molecule has 9 heteroatoms. The Morgan fingerprint density at radius 1 is 1.00 bits per heavy atom. The van der Waals surface area contributed by atoms with Gasteiger partial charge in [-0.25, -0.2) is 17.8 Å². The van der Waals surface area contributed by atoms with Crippen LogP contribution in [0, 0.1) is 6.92 Å². The minimum Gasteiger partial charge on any atom is -0.744 e. The summed E-state index contributed by atoms with van der Waals surface area (Å²) in [4.78, 5) is 10.9. The number of pyridine rings is 1. The van der Waals surface area contributed by atoms with Crippen LogP contribution in [-0.2, 0) is 23.8 Å². The van der Waals surface area contributed by atoms with Crippen LogP contribution < -0.4 is 19.4 Å². The number of aromatic nitrogens is 1. The lowest BCUT2D eigenvalue weighted by molar-refractivity contribution is -0.680. The predicted octanol–water partition coefficient (Wildman–Crippen LogP) is 2.71. The number of ether oxygens (including phenoxy) is 2. The van der Waals surface area contributed by atoms with Gasteiger partial charge in [-0.15, -0.1) is 0 Å². The highest BCUT2D eigenvalue weighted by Gasteiger charge is 2.06. The van der Waals surface area contributed by atoms with Gasteiger partial charge in [-0.2, -0.15) is 0 Å². The highest BCUT2D eigenvalue weighted by molar-refractivity contribution is 7.85. The molecule has 0 spiro atoms. The van der Waals surface area contributed by atoms with E-state index in [9.17, 15) is 17.8 Å². The van der Waals surface area contributed by atoms with Gasteiger partial charge in [0.05, 0.1) is 4.90 Å². The fourth-order valence-corrected chi connectivity index (χ4v) is 2.80. The molecule has 0 aliphatic heterocycles. The van der Waals surface area contributed by atoms with Crippen molar-refractivity contribution in [2.24, 2.45) is 7.05 Å². The van der Waals surface area contributed by atoms with E-state index in [1.54, 1.807) is 36.4 Å². The normalized spacial score (nSPS) is 10.5. The summed E-state index contributed by atoms with van der Waals surface area (Å²) in [5.74, 6) is 1.19. The molecule has 0 atom stereocenters. The number of hydrogen-bond acceptors (Lipinski definition) is 6. The van der Waals surface area contributed by atoms with Gasteiger partial charge in [-0.05, 0) is 49.4 Å². The number of aryl methyl sites for hydroxylation is 2. The number of carbonyl (C=O) groups excluding carboxylic acids is 1. The van der Waals surface area contributed by atoms with Crippen LogP contribution in [0.3, 0.4) is 0 Å². The molecule has 0 fully saturated rings. The molecule has 1 N–H and O–H groups in total. The SMILES string of the molecule is CNC(=O)Oc1ccc(OCc2cccc[n+]2C)cc1.Cc1ccc(S(=O)(=O)[O-])cc1. The average molecular weight is 445 g/mol. The highest BCUT2D eigenvalue weighted by atomic mass is 32.2. The van der Waals surface area contributed by atoms with Crippen LogP contribution in [0.25, 0.3) is 0 Å². The Bertz CT molecular complexity index is 1100. The summed E-state index contributed by atoms with van der Waals surface area (Å²) >= 11 is 0. The Morgan fingerprint density at radius 3 is 2.16 bits per heavy atom. The summed E-state index contributed by atoms with van der Waals surface area (Å²) in [6.45, 7) is 2.30. The largest absolute Gasteiger partial charge is 0.744 e. The maximum atomic E-state index is 11.0. The van der Waals surface area contributed by atoms with Crippen LogP contribution in [-0.4, -0.2) is 26.1 Å². The van der Waals surface area contributed by atoms with Crippen LogP contribution in [0.15, 0.2) is 77.8 Å². The summed E-state index contributed by atoms with van der Waals surface area (Å²) in [7, 11) is -0.785. The Balaban J connectivity index is 0.000000262. The molecule has 0 bridgehead atoms. The van der Waals surface area contributed by atoms with Gasteiger partial charge < -0.3 is 19.3 Å². The molecule has 1 amide bonds. The van der Waals surface area contributed by atoms with E-state index in [0.717, 1.165) is 17.0 Å². The van der Waals surface area contributed by atoms with Gasteiger partial charge in [0, 0.05) is 19.2 Å². The van der Waals surface area contributed by atoms with Crippen molar-refractivity contribution >= 4 is 16.2 Å². The van der Waals surface area contributed by atoms with Crippen LogP contribution in [0.4, 0.5) is 4.79 Å². The number of amides is 1. The molecule has 0 unspecified atom stereocenters. The third kappa shape index (κ3) is 8.07. The smallest absolute Gasteiger partial charge is 0.412 e. The molecule has 1 aromatic heterocycles. The van der Waals surface area contributed by atoms with E-state index in [1.807, 2.05) is 42.9 Å². The highest BCUT2D eigenvalue weighted by Crippen LogP contribution is 2.18. The number of nitrogens with one attached hydrogen (secondary N) is 1. The fourth-order valence-electron chi connectivity index (χ4n) is 2.33. The third-order valence-electron chi connectivity index (χ3n) is 4.10. The number of nitrogens with zero attached hydrogens (tertiary/aromatic N) is 1. The summed E-state index contributed by atoms with van der Waals surface area (Å²) in [6, 6.07) is 18.6. The molecule has 3 rings (SSSR count). The van der Waals surface area contributed by atoms with Crippen molar-refractivity contribution < 1.29 is 31.8 Å². The van der Waals surface area contributed by atoms with E-state index < -0.39 is 16.2 Å². The first-order valence-electron chi connectivity index (χ1n) is 9.27. The molecule has 31 heavy (non-hydrogen) atoms. The summed E-state index contributed by atoms with van der Waals surface area (Å²) in [5.41, 5.74) is 2.00. The summed E-state index contributed by atoms with van der Waals surface area (Å²) < 4.78 is 43.8. The average Bonchev–Trinajstić information content (AvgIpc) is 2.74. The van der Waals surface area contributed by atoms with Crippen molar-refractivity contribution in [3.8, 4) is 11.5 Å². The lowest BCUT2D eigenvalue weighted by Gasteiger charge is -2.06. The Kier molecular flexibility index (Phi) is 8.53. The Hall–Kier alpha value is -3.43. The zero-order valence-electron chi connectivity index (χ0n) is 17.4. The van der Waals surface area contributed by atoms with Gasteiger partial charge in [0.1, 0.15) is 28.7 Å². The fraction of sp³-hybridized carbons (Fsp3) is 0.182. The lowest BCUT2D eigenvalue weighted by atomic mass is 10.2. The van der Waals surface area contributed by atoms with Gasteiger partial charge in [-0.1, -0.05) is 17.7 Å². The first-order valence-corrected chi connectivity index (χ1v) is 10.7. The second-order valence-corrected chi connectivity index (χ2v) is 7.85. The molecule has 8 nitrogen and oxygen atoms in total. The summed E-state index contributed by atoms with van der Waals surface area (Å²) in [5, 5.41) is 2.39. The zero-order valence-corrected chi connectivity index (χ0v) is 18.3. The maximum absolute atomic E-state index is 11.0. The number of rotatable bonds is 5. The van der Waals surface area contributed by atoms with Gasteiger partial charge in [0.15, 0.2) is 12.8 Å². The van der Waals surface area contributed by atoms with E-state index in [1.165, 1.54) is 19.2 Å². The van der Waals surface area contributed by atoms with Gasteiger partial charge in [-0.3, -0.25) is 0 Å². The van der Waals surface area contributed by atoms with Crippen LogP contribution >= 0.6 is 0 Å². The van der Waals surface area contributed by atoms with Crippen LogP contribution in [0.5, 0.6) is 11.5 Å². The quantitative estimate of drug-likeness (QED) is 0.479. The van der Waals surface area contributed by atoms with Crippen molar-refractivity contribution in [3.05, 3.63) is 84.2 Å². The Labute approximate surface area is 181 Å². The molecule has 0 saturated heterocycles. The minimum atomic E-state index is -4.27. The molecule has 0 radical (unpaired) electrons. The molecule has 0 aliphatic carbocycles. The summed E-state index contributed by atoms with van der Waals surface area (Å²) in [6.07, 6.45) is 1.48. The molecule has 2 aromatic carbocycles. The number of hydrogen-bond donors (Lipinski definition) is 1. The molecule has 1 heterocycles. The van der Waals surface area contributed by atoms with Crippen LogP contribution in [0.1, 0.15) is 11.3 Å². The molecular weight excluding hydrogens is 420 g/mol. The first-order chi connectivity index (χ1) is 14.7. The predicted molar refractivity (Wildman–Crippen MR) is 113 cm³/mol. The van der Waals surface area contributed by atoms with Crippen molar-refractivity contribution in [1.82, 2.24) is 5.32 Å². The van der Waals surface area contributed by atoms with Crippen molar-refractivity contribution in [3.63, 3.8) is 0 Å². The van der Waals surface area contributed by atoms with E-state index in [4.69, 9.17) is 9.47 Å². The van der Waals surface area contributed by atoms with E-state index >= 15 is 0 Å². The van der Waals surface area contributed by atoms with Gasteiger partial charge >= 0.3 is 6.09 Å². The van der Waals surface area contributed by atoms with E-state index in [-0.39, 0.29) is 4.90 Å². The topological polar surface area (TPSA) is 109 Å². The second-order valence-electron chi connectivity index (χ2n) is 6.47. The van der Waals surface area contributed by atoms with Crippen molar-refractivity contribution in [2.45, 2.75) is 18.4 Å². The van der Waals surface area contributed by atoms with Gasteiger partial charge in [0.25, 0.3) is 0 Å². The zero-order chi connectivity index (χ0) is 22.9. The molecule has 0 aliphatic rings. The molecule has 3 aromatic rings. The van der Waals surface area contributed by atoms with Crippen LogP contribution in [0.2, 0.25) is 0 Å². The molecular formula is C22H24N2O6S. The van der Waals surface area contributed by atoms with Crippen molar-refractivity contribution in [2.75, 3.05) is 7.05 Å². The van der Waals surface area contributed by atoms with E-state index in [2.05, 4.69) is 5.32 Å². The standard InChI is InChI=1S/C15H16N2O3.C7H8O3S/c1-16-15(18)20-14-8-6-13(7-9-14)19-11-12-5-3-4-10-17(12)2;1-6-2-4-7(5-3-6)11(8,9)10/h3-10H,11H2,1-2H3;2-5H,1H3,(H,8,9,10). The second kappa shape index (κ2) is 11.1.